The van der Waals surface area contributed by atoms with Gasteiger partial charge in [-0.2, -0.15) is 0 Å². The first-order valence-corrected chi connectivity index (χ1v) is 8.50. The molecule has 2 aromatic carbocycles. The summed E-state index contributed by atoms with van der Waals surface area (Å²) in [7, 11) is 0. The van der Waals surface area contributed by atoms with Gasteiger partial charge in [-0.25, -0.2) is 0 Å². The summed E-state index contributed by atoms with van der Waals surface area (Å²) >= 11 is 0. The Morgan fingerprint density at radius 3 is 2.56 bits per heavy atom. The van der Waals surface area contributed by atoms with Gasteiger partial charge < -0.3 is 20.4 Å². The second-order valence-corrected chi connectivity index (χ2v) is 5.82. The largest absolute Gasteiger partial charge is 0.484 e. The predicted octanol–water partition coefficient (Wildman–Crippen LogP) is 2.30. The summed E-state index contributed by atoms with van der Waals surface area (Å²) in [6.07, 6.45) is 0. The van der Waals surface area contributed by atoms with Crippen molar-refractivity contribution in [3.63, 3.8) is 0 Å². The van der Waals surface area contributed by atoms with Crippen molar-refractivity contribution in [2.24, 2.45) is 0 Å². The van der Waals surface area contributed by atoms with Crippen LogP contribution < -0.4 is 20.9 Å². The van der Waals surface area contributed by atoms with Gasteiger partial charge in [-0.05, 0) is 48.7 Å². The van der Waals surface area contributed by atoms with Crippen molar-refractivity contribution in [1.29, 1.82) is 0 Å². The SMILES string of the molecule is CCNC(=O)COc1ccc(NC(=O)c2cc3ccccc3c(=O)[nH]2)cc1. The number of aromatic nitrogens is 1. The van der Waals surface area contributed by atoms with Gasteiger partial charge in [0.25, 0.3) is 17.4 Å². The number of amides is 2. The number of ether oxygens (including phenoxy) is 1. The number of fused-ring (bicyclic) bond motifs is 1. The molecule has 7 heteroatoms. The van der Waals surface area contributed by atoms with Crippen molar-refractivity contribution in [3.05, 3.63) is 70.6 Å². The Balaban J connectivity index is 1.67. The molecule has 138 valence electrons. The molecule has 0 radical (unpaired) electrons. The van der Waals surface area contributed by atoms with Gasteiger partial charge in [0.05, 0.1) is 0 Å². The van der Waals surface area contributed by atoms with Crippen LogP contribution in [-0.4, -0.2) is 29.9 Å². The van der Waals surface area contributed by atoms with E-state index in [9.17, 15) is 14.4 Å². The van der Waals surface area contributed by atoms with Crippen molar-refractivity contribution in [3.8, 4) is 5.75 Å². The molecule has 0 bridgehead atoms. The van der Waals surface area contributed by atoms with E-state index in [0.29, 0.717) is 28.8 Å². The van der Waals surface area contributed by atoms with E-state index in [1.54, 1.807) is 48.5 Å². The molecular formula is C20H19N3O4. The maximum Gasteiger partial charge on any atom is 0.272 e. The first-order valence-electron chi connectivity index (χ1n) is 8.50. The molecule has 0 fully saturated rings. The topological polar surface area (TPSA) is 100 Å². The van der Waals surface area contributed by atoms with Crippen LogP contribution >= 0.6 is 0 Å². The third-order valence-corrected chi connectivity index (χ3v) is 3.85. The zero-order valence-corrected chi connectivity index (χ0v) is 14.7. The summed E-state index contributed by atoms with van der Waals surface area (Å²) in [4.78, 5) is 38.5. The summed E-state index contributed by atoms with van der Waals surface area (Å²) < 4.78 is 5.36. The van der Waals surface area contributed by atoms with Crippen LogP contribution in [0.5, 0.6) is 5.75 Å². The second-order valence-electron chi connectivity index (χ2n) is 5.82. The zero-order chi connectivity index (χ0) is 19.2. The molecule has 0 unspecified atom stereocenters. The van der Waals surface area contributed by atoms with Crippen LogP contribution in [0.25, 0.3) is 10.8 Å². The van der Waals surface area contributed by atoms with Gasteiger partial charge in [-0.15, -0.1) is 0 Å². The molecule has 27 heavy (non-hydrogen) atoms. The Hall–Kier alpha value is -3.61. The number of pyridine rings is 1. The van der Waals surface area contributed by atoms with E-state index in [2.05, 4.69) is 15.6 Å². The highest BCUT2D eigenvalue weighted by atomic mass is 16.5. The molecule has 0 aliphatic heterocycles. The van der Waals surface area contributed by atoms with Crippen LogP contribution in [0.4, 0.5) is 5.69 Å². The number of anilines is 1. The van der Waals surface area contributed by atoms with E-state index < -0.39 is 5.91 Å². The van der Waals surface area contributed by atoms with Gasteiger partial charge in [0.2, 0.25) is 0 Å². The van der Waals surface area contributed by atoms with Crippen molar-refractivity contribution < 1.29 is 14.3 Å². The number of likely N-dealkylation sites (N-methyl/N-ethyl adjacent to an activating group) is 1. The first-order chi connectivity index (χ1) is 13.1. The second kappa shape index (κ2) is 8.18. The van der Waals surface area contributed by atoms with Gasteiger partial charge in [-0.1, -0.05) is 18.2 Å². The normalized spacial score (nSPS) is 10.4. The highest BCUT2D eigenvalue weighted by Crippen LogP contribution is 2.17. The summed E-state index contributed by atoms with van der Waals surface area (Å²) in [5.74, 6) is -0.109. The van der Waals surface area contributed by atoms with E-state index >= 15 is 0 Å². The van der Waals surface area contributed by atoms with Crippen LogP contribution in [-0.2, 0) is 4.79 Å². The number of rotatable bonds is 6. The van der Waals surface area contributed by atoms with Gasteiger partial charge in [0, 0.05) is 17.6 Å². The molecule has 2 amide bonds. The number of benzene rings is 2. The molecule has 0 saturated carbocycles. The van der Waals surface area contributed by atoms with Crippen LogP contribution in [0.15, 0.2) is 59.4 Å². The quantitative estimate of drug-likeness (QED) is 0.624. The molecule has 0 aliphatic carbocycles. The average Bonchev–Trinajstić information content (AvgIpc) is 2.67. The maximum atomic E-state index is 12.4. The van der Waals surface area contributed by atoms with Crippen LogP contribution in [0.3, 0.4) is 0 Å². The minimum Gasteiger partial charge on any atom is -0.484 e. The number of aromatic amines is 1. The third-order valence-electron chi connectivity index (χ3n) is 3.85. The number of H-pyrrole nitrogens is 1. The maximum absolute atomic E-state index is 12.4. The lowest BCUT2D eigenvalue weighted by molar-refractivity contribution is -0.122. The molecule has 0 saturated heterocycles. The predicted molar refractivity (Wildman–Crippen MR) is 103 cm³/mol. The van der Waals surface area contributed by atoms with E-state index in [1.807, 2.05) is 13.0 Å². The molecule has 0 atom stereocenters. The molecule has 1 heterocycles. The summed E-state index contributed by atoms with van der Waals surface area (Å²) in [6.45, 7) is 2.31. The highest BCUT2D eigenvalue weighted by molar-refractivity contribution is 6.04. The third kappa shape index (κ3) is 4.52. The number of hydrogen-bond acceptors (Lipinski definition) is 4. The molecule has 0 spiro atoms. The molecule has 0 aliphatic rings. The zero-order valence-electron chi connectivity index (χ0n) is 14.7. The average molecular weight is 365 g/mol. The lowest BCUT2D eigenvalue weighted by Gasteiger charge is -2.09. The molecule has 1 aromatic heterocycles. The fraction of sp³-hybridized carbons (Fsp3) is 0.150. The summed E-state index contributed by atoms with van der Waals surface area (Å²) in [5.41, 5.74) is 0.405. The highest BCUT2D eigenvalue weighted by Gasteiger charge is 2.10. The molecule has 3 N–H and O–H groups in total. The van der Waals surface area contributed by atoms with E-state index in [4.69, 9.17) is 4.74 Å². The van der Waals surface area contributed by atoms with Gasteiger partial charge in [0.15, 0.2) is 6.61 Å². The Morgan fingerprint density at radius 2 is 1.81 bits per heavy atom. The van der Waals surface area contributed by atoms with Crippen LogP contribution in [0.1, 0.15) is 17.4 Å². The summed E-state index contributed by atoms with van der Waals surface area (Å²) in [5, 5.41) is 6.58. The Bertz CT molecular complexity index is 1030. The van der Waals surface area contributed by atoms with Crippen molar-refractivity contribution in [2.45, 2.75) is 6.92 Å². The minimum absolute atomic E-state index is 0.0716. The standard InChI is InChI=1S/C20H19N3O4/c1-2-21-18(24)12-27-15-9-7-14(8-10-15)22-20(26)17-11-13-5-3-4-6-16(13)19(25)23-17/h3-11H,2,12H2,1H3,(H,21,24)(H,22,26)(H,23,25). The van der Waals surface area contributed by atoms with Crippen LogP contribution in [0.2, 0.25) is 0 Å². The summed E-state index contributed by atoms with van der Waals surface area (Å²) in [6, 6.07) is 15.3. The fourth-order valence-corrected chi connectivity index (χ4v) is 2.56. The number of hydrogen-bond donors (Lipinski definition) is 3. The molecule has 3 aromatic rings. The smallest absolute Gasteiger partial charge is 0.272 e. The van der Waals surface area contributed by atoms with Crippen molar-refractivity contribution >= 4 is 28.3 Å². The molecule has 3 rings (SSSR count). The van der Waals surface area contributed by atoms with E-state index in [0.717, 1.165) is 0 Å². The molecule has 7 nitrogen and oxygen atoms in total. The number of carbonyl (C=O) groups excluding carboxylic acids is 2. The lowest BCUT2D eigenvalue weighted by Crippen LogP contribution is -2.28. The number of nitrogens with one attached hydrogen (secondary N) is 3. The number of carbonyl (C=O) groups is 2. The first kappa shape index (κ1) is 18.2. The van der Waals surface area contributed by atoms with E-state index in [1.165, 1.54) is 0 Å². The van der Waals surface area contributed by atoms with Gasteiger partial charge >= 0.3 is 0 Å². The van der Waals surface area contributed by atoms with Crippen molar-refractivity contribution in [2.75, 3.05) is 18.5 Å². The Labute approximate surface area is 155 Å². The molecular weight excluding hydrogens is 346 g/mol. The lowest BCUT2D eigenvalue weighted by atomic mass is 10.1. The Morgan fingerprint density at radius 1 is 1.07 bits per heavy atom. The van der Waals surface area contributed by atoms with Gasteiger partial charge in [-0.3, -0.25) is 14.4 Å². The Kier molecular flexibility index (Phi) is 5.51. The van der Waals surface area contributed by atoms with Crippen LogP contribution in [0, 0.1) is 0 Å². The van der Waals surface area contributed by atoms with E-state index in [-0.39, 0.29) is 23.8 Å². The minimum atomic E-state index is -0.422. The monoisotopic (exact) mass is 365 g/mol. The van der Waals surface area contributed by atoms with Crippen molar-refractivity contribution in [1.82, 2.24) is 10.3 Å². The van der Waals surface area contributed by atoms with Gasteiger partial charge in [0.1, 0.15) is 11.4 Å². The fourth-order valence-electron chi connectivity index (χ4n) is 2.56.